The van der Waals surface area contributed by atoms with Crippen LogP contribution >= 0.6 is 35.2 Å². The van der Waals surface area contributed by atoms with Gasteiger partial charge in [0.25, 0.3) is 0 Å². The van der Waals surface area contributed by atoms with Crippen LogP contribution in [-0.4, -0.2) is 117 Å². The summed E-state index contributed by atoms with van der Waals surface area (Å²) in [6, 6.07) is 0.169. The molecule has 3 saturated heterocycles. The quantitative estimate of drug-likeness (QED) is 0.0477. The fourth-order valence-corrected chi connectivity index (χ4v) is 11.2. The van der Waals surface area contributed by atoms with Gasteiger partial charge in [-0.15, -0.1) is 0 Å². The van der Waals surface area contributed by atoms with Gasteiger partial charge in [-0.2, -0.15) is 20.4 Å². The highest BCUT2D eigenvalue weighted by Gasteiger charge is 2.47. The lowest BCUT2D eigenvalue weighted by Crippen LogP contribution is -2.36. The first-order chi connectivity index (χ1) is 24.5. The smallest absolute Gasteiger partial charge is 0.387 e. The molecular weight excluding hydrogens is 775 g/mol. The van der Waals surface area contributed by atoms with Gasteiger partial charge in [-0.05, 0) is 25.7 Å². The number of hydrogen-bond donors (Lipinski definition) is 10. The van der Waals surface area contributed by atoms with Crippen LogP contribution < -0.4 is 26.8 Å². The number of aliphatic hydroxyl groups is 2. The number of phosphoric acid groups is 2. The number of amides is 3. The Labute approximate surface area is 301 Å². The second kappa shape index (κ2) is 17.5. The highest BCUT2D eigenvalue weighted by atomic mass is 32.2. The molecule has 11 N–H and O–H groups in total. The van der Waals surface area contributed by atoms with Gasteiger partial charge in [0, 0.05) is 30.5 Å². The second-order valence-corrected chi connectivity index (χ2v) is 18.3. The maximum atomic E-state index is 12.4. The number of nitrogens with zero attached hydrogens (tertiary/aromatic N) is 4. The Morgan fingerprint density at radius 3 is 2.58 bits per heavy atom. The van der Waals surface area contributed by atoms with E-state index in [1.807, 2.05) is 16.8 Å². The van der Waals surface area contributed by atoms with Crippen molar-refractivity contribution in [1.82, 2.24) is 40.6 Å². The van der Waals surface area contributed by atoms with E-state index in [9.17, 15) is 48.2 Å². The van der Waals surface area contributed by atoms with Crippen LogP contribution in [0, 0.1) is 0 Å². The number of fused-ring (bicyclic) bond motifs is 2. The van der Waals surface area contributed by atoms with E-state index in [1.54, 1.807) is 0 Å². The van der Waals surface area contributed by atoms with Gasteiger partial charge in [0.2, 0.25) is 5.91 Å². The van der Waals surface area contributed by atoms with E-state index >= 15 is 0 Å². The molecule has 0 aliphatic carbocycles. The topological polar surface area (TPSA) is 341 Å². The zero-order valence-electron chi connectivity index (χ0n) is 27.5. The molecule has 3 aliphatic rings. The van der Waals surface area contributed by atoms with Gasteiger partial charge in [-0.1, -0.05) is 12.8 Å². The second-order valence-electron chi connectivity index (χ2n) is 12.2. The number of rotatable bonds is 20. The third kappa shape index (κ3) is 10.9. The summed E-state index contributed by atoms with van der Waals surface area (Å²) in [6.07, 6.45) is 0.515. The van der Waals surface area contributed by atoms with Crippen molar-refractivity contribution in [3.05, 3.63) is 12.7 Å². The Bertz CT molecular complexity index is 1730. The van der Waals surface area contributed by atoms with E-state index in [0.29, 0.717) is 43.9 Å². The molecule has 0 spiro atoms. The van der Waals surface area contributed by atoms with Gasteiger partial charge < -0.3 is 51.3 Å². The summed E-state index contributed by atoms with van der Waals surface area (Å²) in [5.74, 6) is 0.829. The van der Waals surface area contributed by atoms with Crippen LogP contribution in [-0.2, 0) is 36.4 Å². The lowest BCUT2D eigenvalue weighted by molar-refractivity contribution is -0.121. The summed E-state index contributed by atoms with van der Waals surface area (Å²) in [5.41, 5.74) is 6.09. The number of unbranched alkanes of at least 4 members (excludes halogenated alkanes) is 3. The average molecular weight is 818 g/mol. The molecule has 3 aliphatic heterocycles. The number of ether oxygens (including phenoxy) is 1. The predicted molar refractivity (Wildman–Crippen MR) is 182 cm³/mol. The van der Waals surface area contributed by atoms with Gasteiger partial charge in [0.15, 0.2) is 17.7 Å². The van der Waals surface area contributed by atoms with E-state index in [-0.39, 0.29) is 47.5 Å². The molecule has 52 heavy (non-hydrogen) atoms. The average Bonchev–Trinajstić information content (AvgIpc) is 3.81. The third-order valence-corrected chi connectivity index (χ3v) is 14.4. The standard InChI is InChI=1S/C25H42N9O14P3S/c26-22-19-23(29-12-28-22)34(13-30-19)24-21(37)20(36)15(46-24)10-45-50(41,42)48-51(43,44)47-49(39,40)31-9-5-1-4-8-27-17(35)7-3-2-6-16-18-14(11-52-16)32-25(38)33-18/h12-16,18,20-21,24,36-37H,1-11H2,(H,27,35)(H,41,42)(H,43,44)(H2,26,28,29)(H2,31,39,40)(H2,32,33,38)/t14?,15-,16+,18?,20-,21-,24-/m1/s1. The van der Waals surface area contributed by atoms with Crippen LogP contribution in [0.4, 0.5) is 10.6 Å². The van der Waals surface area contributed by atoms with Crippen LogP contribution in [0.25, 0.3) is 11.2 Å². The van der Waals surface area contributed by atoms with E-state index in [0.717, 1.165) is 24.9 Å². The number of thioether (sulfide) groups is 1. The molecule has 3 fully saturated rings. The van der Waals surface area contributed by atoms with Gasteiger partial charge >= 0.3 is 29.4 Å². The zero-order chi connectivity index (χ0) is 37.7. The fraction of sp³-hybridized carbons (Fsp3) is 0.720. The Kier molecular flexibility index (Phi) is 13.7. The fourth-order valence-electron chi connectivity index (χ4n) is 5.90. The molecule has 292 valence electrons. The maximum Gasteiger partial charge on any atom is 0.489 e. The summed E-state index contributed by atoms with van der Waals surface area (Å²) in [7, 11) is -16.2. The first-order valence-electron chi connectivity index (χ1n) is 16.2. The number of imidazole rings is 1. The molecule has 5 heterocycles. The van der Waals surface area contributed by atoms with Crippen molar-refractivity contribution < 1.29 is 66.1 Å². The molecule has 0 saturated carbocycles. The number of urea groups is 1. The van der Waals surface area contributed by atoms with Crippen molar-refractivity contribution in [2.45, 2.75) is 86.8 Å². The summed E-state index contributed by atoms with van der Waals surface area (Å²) in [6.45, 7) is -0.718. The molecule has 27 heteroatoms. The molecule has 0 radical (unpaired) electrons. The number of hydrogen-bond acceptors (Lipinski definition) is 16. The Hall–Kier alpha value is -2.27. The monoisotopic (exact) mass is 817 g/mol. The molecule has 10 atom stereocenters. The van der Waals surface area contributed by atoms with Gasteiger partial charge in [0.05, 0.1) is 25.0 Å². The first-order valence-corrected chi connectivity index (χ1v) is 21.9. The number of nitrogen functional groups attached to an aromatic ring is 1. The molecule has 5 rings (SSSR count). The van der Waals surface area contributed by atoms with Crippen LogP contribution in [0.1, 0.15) is 51.2 Å². The van der Waals surface area contributed by atoms with Crippen LogP contribution in [0.2, 0.25) is 0 Å². The highest BCUT2D eigenvalue weighted by molar-refractivity contribution is 8.00. The molecule has 5 unspecified atom stereocenters. The van der Waals surface area contributed by atoms with Crippen molar-refractivity contribution in [2.24, 2.45) is 0 Å². The van der Waals surface area contributed by atoms with Gasteiger partial charge in [-0.25, -0.2) is 38.5 Å². The van der Waals surface area contributed by atoms with Crippen molar-refractivity contribution in [1.29, 1.82) is 0 Å². The van der Waals surface area contributed by atoms with E-state index < -0.39 is 54.5 Å². The van der Waals surface area contributed by atoms with Crippen molar-refractivity contribution in [3.8, 4) is 0 Å². The number of carbonyl (C=O) groups is 2. The first kappa shape index (κ1) is 40.9. The SMILES string of the molecule is Nc1ncnc2c1ncn2[C@@H]1O[C@H](COP(=O)(O)OP(=O)(O)OP(=O)(O)NCCCCCNC(=O)CCCC[C@@H]2SCC3NC(=O)NC32)[C@@H](O)[C@H]1O. The third-order valence-electron chi connectivity index (χ3n) is 8.39. The Morgan fingerprint density at radius 2 is 1.79 bits per heavy atom. The molecular formula is C25H42N9O14P3S. The van der Waals surface area contributed by atoms with Crippen LogP contribution in [0.5, 0.6) is 0 Å². The van der Waals surface area contributed by atoms with Crippen molar-refractivity contribution in [2.75, 3.05) is 31.2 Å². The number of carbonyl (C=O) groups excluding carboxylic acids is 2. The maximum absolute atomic E-state index is 12.4. The lowest BCUT2D eigenvalue weighted by Gasteiger charge is -2.20. The van der Waals surface area contributed by atoms with E-state index in [4.69, 9.17) is 10.5 Å². The molecule has 0 aromatic carbocycles. The Balaban J connectivity index is 0.936. The Morgan fingerprint density at radius 1 is 1.02 bits per heavy atom. The number of nitrogens with one attached hydrogen (secondary N) is 4. The van der Waals surface area contributed by atoms with Gasteiger partial charge in [0.1, 0.15) is 30.2 Å². The van der Waals surface area contributed by atoms with Crippen LogP contribution in [0.3, 0.4) is 0 Å². The number of nitrogens with two attached hydrogens (primary N) is 1. The molecule has 23 nitrogen and oxygen atoms in total. The summed E-state index contributed by atoms with van der Waals surface area (Å²) >= 11 is 1.82. The number of aliphatic hydroxyl groups excluding tert-OH is 2. The van der Waals surface area contributed by atoms with Crippen molar-refractivity contribution in [3.63, 3.8) is 0 Å². The summed E-state index contributed by atoms with van der Waals surface area (Å²) in [4.78, 5) is 65.2. The van der Waals surface area contributed by atoms with E-state index in [2.05, 4.69) is 44.0 Å². The molecule has 2 aromatic rings. The number of phosphoric ester groups is 1. The normalized spacial score (nSPS) is 29.2. The molecule has 0 bridgehead atoms. The minimum Gasteiger partial charge on any atom is -0.387 e. The van der Waals surface area contributed by atoms with Crippen molar-refractivity contribution >= 4 is 64.1 Å². The summed E-state index contributed by atoms with van der Waals surface area (Å²) in [5, 5.41) is 31.9. The minimum atomic E-state index is -5.68. The largest absolute Gasteiger partial charge is 0.489 e. The van der Waals surface area contributed by atoms with E-state index in [1.165, 1.54) is 10.9 Å². The molecule has 3 amide bonds. The van der Waals surface area contributed by atoms with Gasteiger partial charge in [-0.3, -0.25) is 13.9 Å². The summed E-state index contributed by atoms with van der Waals surface area (Å²) < 4.78 is 56.7. The lowest BCUT2D eigenvalue weighted by atomic mass is 10.0. The number of anilines is 1. The highest BCUT2D eigenvalue weighted by Crippen LogP contribution is 2.66. The predicted octanol–water partition coefficient (Wildman–Crippen LogP) is -0.0194. The van der Waals surface area contributed by atoms with Crippen LogP contribution in [0.15, 0.2) is 12.7 Å². The number of aromatic nitrogens is 4. The molecule has 2 aromatic heterocycles. The minimum absolute atomic E-state index is 0.0437. The zero-order valence-corrected chi connectivity index (χ0v) is 31.0.